The number of anilines is 1. The van der Waals surface area contributed by atoms with Crippen LogP contribution < -0.4 is 15.8 Å². The van der Waals surface area contributed by atoms with Crippen molar-refractivity contribution in [3.8, 4) is 5.75 Å². The van der Waals surface area contributed by atoms with Crippen LogP contribution in [0, 0.1) is 5.92 Å². The Morgan fingerprint density at radius 3 is 2.72 bits per heavy atom. The normalized spacial score (nSPS) is 14.0. The molecule has 0 heterocycles. The Labute approximate surface area is 105 Å². The highest BCUT2D eigenvalue weighted by molar-refractivity contribution is 5.95. The van der Waals surface area contributed by atoms with E-state index in [1.165, 1.54) is 0 Å². The Bertz CT molecular complexity index is 455. The van der Waals surface area contributed by atoms with E-state index in [1.807, 2.05) is 12.1 Å². The highest BCUT2D eigenvalue weighted by atomic mass is 16.5. The maximum Gasteiger partial charge on any atom is 0.227 e. The Kier molecular flexibility index (Phi) is 3.82. The number of rotatable bonds is 6. The Hall–Kier alpha value is -2.04. The van der Waals surface area contributed by atoms with E-state index >= 15 is 0 Å². The molecular formula is C13H16N2O3. The van der Waals surface area contributed by atoms with Gasteiger partial charge in [-0.15, -0.1) is 0 Å². The van der Waals surface area contributed by atoms with Gasteiger partial charge in [-0.1, -0.05) is 12.1 Å². The number of para-hydroxylation sites is 2. The van der Waals surface area contributed by atoms with E-state index in [0.717, 1.165) is 12.8 Å². The van der Waals surface area contributed by atoms with Gasteiger partial charge in [0.1, 0.15) is 5.75 Å². The van der Waals surface area contributed by atoms with Gasteiger partial charge in [-0.25, -0.2) is 0 Å². The summed E-state index contributed by atoms with van der Waals surface area (Å²) in [6.07, 6.45) is 2.07. The molecule has 0 bridgehead atoms. The first-order valence-corrected chi connectivity index (χ1v) is 5.98. The first kappa shape index (κ1) is 12.4. The van der Waals surface area contributed by atoms with Crippen LogP contribution in [0.25, 0.3) is 0 Å². The molecule has 5 nitrogen and oxygen atoms in total. The van der Waals surface area contributed by atoms with Crippen LogP contribution in [0.4, 0.5) is 5.69 Å². The van der Waals surface area contributed by atoms with Crippen molar-refractivity contribution in [3.63, 3.8) is 0 Å². The quantitative estimate of drug-likeness (QED) is 0.795. The molecule has 1 fully saturated rings. The third kappa shape index (κ3) is 3.48. The molecule has 0 spiro atoms. The zero-order chi connectivity index (χ0) is 13.0. The average molecular weight is 248 g/mol. The molecule has 0 unspecified atom stereocenters. The smallest absolute Gasteiger partial charge is 0.227 e. The van der Waals surface area contributed by atoms with E-state index in [1.54, 1.807) is 12.1 Å². The zero-order valence-corrected chi connectivity index (χ0v) is 10.0. The summed E-state index contributed by atoms with van der Waals surface area (Å²) in [7, 11) is 0. The van der Waals surface area contributed by atoms with Crippen LogP contribution >= 0.6 is 0 Å². The summed E-state index contributed by atoms with van der Waals surface area (Å²) >= 11 is 0. The van der Waals surface area contributed by atoms with Crippen LogP contribution in [0.15, 0.2) is 24.3 Å². The molecule has 0 saturated heterocycles. The number of carbonyl (C=O) groups is 2. The summed E-state index contributed by atoms with van der Waals surface area (Å²) in [5.41, 5.74) is 5.67. The number of nitrogens with one attached hydrogen (secondary N) is 1. The van der Waals surface area contributed by atoms with Gasteiger partial charge in [0.15, 0.2) is 0 Å². The SMILES string of the molecule is NC(=O)CCOc1ccccc1NC(=O)C1CC1. The van der Waals surface area contributed by atoms with Gasteiger partial charge < -0.3 is 15.8 Å². The van der Waals surface area contributed by atoms with Crippen molar-refractivity contribution in [2.45, 2.75) is 19.3 Å². The van der Waals surface area contributed by atoms with E-state index in [-0.39, 0.29) is 24.9 Å². The van der Waals surface area contributed by atoms with Crippen molar-refractivity contribution < 1.29 is 14.3 Å². The summed E-state index contributed by atoms with van der Waals surface area (Å²) in [6.45, 7) is 0.214. The number of benzene rings is 1. The second-order valence-electron chi connectivity index (χ2n) is 4.32. The lowest BCUT2D eigenvalue weighted by Crippen LogP contribution is -2.16. The predicted molar refractivity (Wildman–Crippen MR) is 67.1 cm³/mol. The molecule has 2 amide bonds. The highest BCUT2D eigenvalue weighted by Crippen LogP contribution is 2.32. The van der Waals surface area contributed by atoms with E-state index in [9.17, 15) is 9.59 Å². The molecule has 5 heteroatoms. The number of hydrogen-bond acceptors (Lipinski definition) is 3. The topological polar surface area (TPSA) is 81.4 Å². The van der Waals surface area contributed by atoms with Gasteiger partial charge in [0.2, 0.25) is 11.8 Å². The number of ether oxygens (including phenoxy) is 1. The molecule has 2 rings (SSSR count). The third-order valence-corrected chi connectivity index (χ3v) is 2.70. The monoisotopic (exact) mass is 248 g/mol. The minimum absolute atomic E-state index is 0.0287. The van der Waals surface area contributed by atoms with Gasteiger partial charge in [-0.3, -0.25) is 9.59 Å². The molecule has 1 saturated carbocycles. The lowest BCUT2D eigenvalue weighted by atomic mass is 10.2. The predicted octanol–water partition coefficient (Wildman–Crippen LogP) is 1.29. The molecule has 1 aromatic rings. The second kappa shape index (κ2) is 5.53. The number of hydrogen-bond donors (Lipinski definition) is 2. The highest BCUT2D eigenvalue weighted by Gasteiger charge is 2.29. The fraction of sp³-hybridized carbons (Fsp3) is 0.385. The summed E-state index contributed by atoms with van der Waals surface area (Å²) in [4.78, 5) is 22.3. The van der Waals surface area contributed by atoms with E-state index in [4.69, 9.17) is 10.5 Å². The number of primary amides is 1. The molecule has 18 heavy (non-hydrogen) atoms. The van der Waals surface area contributed by atoms with Crippen LogP contribution in [-0.4, -0.2) is 18.4 Å². The molecule has 1 aliphatic carbocycles. The van der Waals surface area contributed by atoms with Crippen LogP contribution in [0.5, 0.6) is 5.75 Å². The molecular weight excluding hydrogens is 232 g/mol. The van der Waals surface area contributed by atoms with Crippen molar-refractivity contribution in [3.05, 3.63) is 24.3 Å². The lowest BCUT2D eigenvalue weighted by Gasteiger charge is -2.11. The number of carbonyl (C=O) groups excluding carboxylic acids is 2. The van der Waals surface area contributed by atoms with Gasteiger partial charge in [0.05, 0.1) is 18.7 Å². The molecule has 0 aliphatic heterocycles. The van der Waals surface area contributed by atoms with E-state index < -0.39 is 5.91 Å². The summed E-state index contributed by atoms with van der Waals surface area (Å²) < 4.78 is 5.43. The molecule has 3 N–H and O–H groups in total. The fourth-order valence-corrected chi connectivity index (χ4v) is 1.54. The Balaban J connectivity index is 1.95. The van der Waals surface area contributed by atoms with Gasteiger partial charge in [-0.05, 0) is 25.0 Å². The molecule has 0 radical (unpaired) electrons. The lowest BCUT2D eigenvalue weighted by molar-refractivity contribution is -0.119. The first-order valence-electron chi connectivity index (χ1n) is 5.98. The van der Waals surface area contributed by atoms with E-state index in [2.05, 4.69) is 5.32 Å². The molecule has 1 aromatic carbocycles. The van der Waals surface area contributed by atoms with Crippen LogP contribution in [0.3, 0.4) is 0 Å². The first-order chi connectivity index (χ1) is 8.66. The summed E-state index contributed by atoms with van der Waals surface area (Å²) in [6, 6.07) is 7.17. The van der Waals surface area contributed by atoms with Crippen molar-refractivity contribution >= 4 is 17.5 Å². The van der Waals surface area contributed by atoms with Gasteiger partial charge in [0.25, 0.3) is 0 Å². The van der Waals surface area contributed by atoms with Crippen LogP contribution in [0.1, 0.15) is 19.3 Å². The number of nitrogens with two attached hydrogens (primary N) is 1. The minimum atomic E-state index is -0.408. The maximum atomic E-state index is 11.7. The Morgan fingerprint density at radius 1 is 1.33 bits per heavy atom. The molecule has 96 valence electrons. The van der Waals surface area contributed by atoms with Crippen LogP contribution in [0.2, 0.25) is 0 Å². The van der Waals surface area contributed by atoms with Crippen molar-refractivity contribution in [1.29, 1.82) is 0 Å². The Morgan fingerprint density at radius 2 is 2.06 bits per heavy atom. The fourth-order valence-electron chi connectivity index (χ4n) is 1.54. The maximum absolute atomic E-state index is 11.7. The van der Waals surface area contributed by atoms with Crippen molar-refractivity contribution in [2.24, 2.45) is 11.7 Å². The summed E-state index contributed by atoms with van der Waals surface area (Å²) in [5.74, 6) is 0.326. The van der Waals surface area contributed by atoms with Gasteiger partial charge >= 0.3 is 0 Å². The summed E-state index contributed by atoms with van der Waals surface area (Å²) in [5, 5.41) is 2.83. The second-order valence-corrected chi connectivity index (χ2v) is 4.32. The minimum Gasteiger partial charge on any atom is -0.491 e. The number of amides is 2. The third-order valence-electron chi connectivity index (χ3n) is 2.70. The van der Waals surface area contributed by atoms with Crippen LogP contribution in [-0.2, 0) is 9.59 Å². The standard InChI is InChI=1S/C13H16N2O3/c14-12(16)7-8-18-11-4-2-1-3-10(11)15-13(17)9-5-6-9/h1-4,9H,5-8H2,(H2,14,16)(H,15,17). The zero-order valence-electron chi connectivity index (χ0n) is 10.0. The molecule has 1 aliphatic rings. The largest absolute Gasteiger partial charge is 0.491 e. The van der Waals surface area contributed by atoms with Gasteiger partial charge in [0, 0.05) is 5.92 Å². The van der Waals surface area contributed by atoms with Crippen molar-refractivity contribution in [2.75, 3.05) is 11.9 Å². The molecule has 0 aromatic heterocycles. The molecule has 0 atom stereocenters. The average Bonchev–Trinajstić information content (AvgIpc) is 3.14. The van der Waals surface area contributed by atoms with Crippen molar-refractivity contribution in [1.82, 2.24) is 0 Å². The van der Waals surface area contributed by atoms with E-state index in [0.29, 0.717) is 11.4 Å². The van der Waals surface area contributed by atoms with Gasteiger partial charge in [-0.2, -0.15) is 0 Å².